The number of aromatic nitrogens is 1. The minimum absolute atomic E-state index is 0.0900. The van der Waals surface area contributed by atoms with Crippen LogP contribution in [0.3, 0.4) is 0 Å². The van der Waals surface area contributed by atoms with Crippen molar-refractivity contribution < 1.29 is 56.9 Å². The number of ether oxygens (including phenoxy) is 1. The van der Waals surface area contributed by atoms with Crippen molar-refractivity contribution in [2.24, 2.45) is 0 Å². The lowest BCUT2D eigenvalue weighted by Crippen LogP contribution is -2.70. The summed E-state index contributed by atoms with van der Waals surface area (Å²) in [4.78, 5) is 77.8. The van der Waals surface area contributed by atoms with Crippen LogP contribution in [0.1, 0.15) is 5.69 Å². The van der Waals surface area contributed by atoms with E-state index in [1.54, 1.807) is 10.3 Å². The average molecular weight is 639 g/mol. The Morgan fingerprint density at radius 3 is 2.40 bits per heavy atom. The maximum Gasteiger partial charge on any atom is 0.490 e. The maximum absolute atomic E-state index is 12.8. The van der Waals surface area contributed by atoms with Gasteiger partial charge in [-0.2, -0.15) is 13.2 Å². The van der Waals surface area contributed by atoms with Crippen LogP contribution in [0, 0.1) is 0 Å². The second kappa shape index (κ2) is 13.8. The minimum atomic E-state index is -5.08. The Morgan fingerprint density at radius 2 is 1.83 bits per heavy atom. The number of nitrogens with zero attached hydrogens (tertiary/aromatic N) is 4. The number of likely N-dealkylation sites (N-methyl/N-ethyl adjacent to an activating group) is 1. The molecule has 0 saturated carbocycles. The van der Waals surface area contributed by atoms with Crippen molar-refractivity contribution >= 4 is 64.5 Å². The first-order valence-corrected chi connectivity index (χ1v) is 13.9. The molecular weight excluding hydrogens is 613 g/mol. The average Bonchev–Trinajstić information content (AvgIpc) is 3.36. The molecule has 4 rings (SSSR count). The van der Waals surface area contributed by atoms with E-state index in [9.17, 15) is 42.3 Å². The van der Waals surface area contributed by atoms with Gasteiger partial charge in [-0.1, -0.05) is 0 Å². The summed E-state index contributed by atoms with van der Waals surface area (Å²) in [7, 11) is 1.96. The van der Waals surface area contributed by atoms with Crippen molar-refractivity contribution in [1.82, 2.24) is 25.0 Å². The highest BCUT2D eigenvalue weighted by atomic mass is 32.2. The molecule has 1 aromatic heterocycles. The molecule has 3 aliphatic rings. The zero-order valence-electron chi connectivity index (χ0n) is 21.8. The summed E-state index contributed by atoms with van der Waals surface area (Å²) in [6.45, 7) is 2.28. The van der Waals surface area contributed by atoms with Crippen LogP contribution in [0.15, 0.2) is 16.7 Å². The van der Waals surface area contributed by atoms with Crippen molar-refractivity contribution in [3.05, 3.63) is 22.3 Å². The zero-order chi connectivity index (χ0) is 31.2. The Balaban J connectivity index is 0.000000616. The number of carbonyl (C=O) groups excluding carboxylic acids is 4. The van der Waals surface area contributed by atoms with Crippen molar-refractivity contribution in [1.29, 1.82) is 0 Å². The smallest absolute Gasteiger partial charge is 0.477 e. The Bertz CT molecular complexity index is 1270. The monoisotopic (exact) mass is 638 g/mol. The summed E-state index contributed by atoms with van der Waals surface area (Å²) in [5.41, 5.74) is 0.559. The largest absolute Gasteiger partial charge is 0.490 e. The molecule has 0 bridgehead atoms. The van der Waals surface area contributed by atoms with Crippen molar-refractivity contribution in [2.75, 3.05) is 50.9 Å². The molecule has 4 amide bonds. The third-order valence-electron chi connectivity index (χ3n) is 6.02. The number of thiazole rings is 1. The number of β-lactam (4-membered cyclic amide) rings is 1. The van der Waals surface area contributed by atoms with Gasteiger partial charge in [0.2, 0.25) is 12.3 Å². The second-order valence-corrected chi connectivity index (χ2v) is 10.9. The van der Waals surface area contributed by atoms with Gasteiger partial charge in [-0.25, -0.2) is 19.4 Å². The van der Waals surface area contributed by atoms with Crippen LogP contribution in [0.5, 0.6) is 0 Å². The molecule has 2 atom stereocenters. The van der Waals surface area contributed by atoms with E-state index in [2.05, 4.69) is 20.5 Å². The van der Waals surface area contributed by atoms with Gasteiger partial charge in [0.15, 0.2) is 5.13 Å². The van der Waals surface area contributed by atoms with Gasteiger partial charge in [0, 0.05) is 42.9 Å². The molecule has 230 valence electrons. The number of carbonyl (C=O) groups is 6. The number of fused-ring (bicyclic) bond motifs is 1. The normalized spacial score (nSPS) is 20.4. The third kappa shape index (κ3) is 8.10. The molecule has 2 fully saturated rings. The van der Waals surface area contributed by atoms with Crippen LogP contribution in [-0.2, 0) is 35.1 Å². The van der Waals surface area contributed by atoms with Crippen LogP contribution in [0.2, 0.25) is 0 Å². The highest BCUT2D eigenvalue weighted by Gasteiger charge is 2.54. The van der Waals surface area contributed by atoms with E-state index < -0.39 is 47.4 Å². The van der Waals surface area contributed by atoms with E-state index in [0.29, 0.717) is 35.9 Å². The number of amides is 4. The number of halogens is 3. The molecule has 0 aromatic carbocycles. The SMILES string of the molecule is CN1CCN(C(=O)OCC2=C(C(=O)O)N3C(=O)C(NC(=O)Cc4csc(NC=O)n4)[C@H]3SC2)CC1.O=C(O)C(F)(F)F. The van der Waals surface area contributed by atoms with Crippen LogP contribution in [0.4, 0.5) is 23.1 Å². The van der Waals surface area contributed by atoms with Gasteiger partial charge in [-0.15, -0.1) is 23.1 Å². The molecule has 0 radical (unpaired) electrons. The number of thioether (sulfide) groups is 1. The molecule has 2 saturated heterocycles. The van der Waals surface area contributed by atoms with Crippen LogP contribution >= 0.6 is 23.1 Å². The highest BCUT2D eigenvalue weighted by Crippen LogP contribution is 2.40. The third-order valence-corrected chi connectivity index (χ3v) is 8.18. The number of alkyl halides is 3. The van der Waals surface area contributed by atoms with E-state index in [1.165, 1.54) is 23.1 Å². The first kappa shape index (κ1) is 32.6. The second-order valence-electron chi connectivity index (χ2n) is 8.94. The quantitative estimate of drug-likeness (QED) is 0.220. The number of carboxylic acid groups (broad SMARTS) is 2. The molecule has 1 unspecified atom stereocenters. The summed E-state index contributed by atoms with van der Waals surface area (Å²) in [5, 5.41) is 23.3. The number of nitrogens with one attached hydrogen (secondary N) is 2. The van der Waals surface area contributed by atoms with E-state index in [-0.39, 0.29) is 24.5 Å². The van der Waals surface area contributed by atoms with Crippen molar-refractivity contribution in [2.45, 2.75) is 24.0 Å². The van der Waals surface area contributed by atoms with Gasteiger partial charge in [0.25, 0.3) is 5.91 Å². The van der Waals surface area contributed by atoms with Crippen LogP contribution in [0.25, 0.3) is 0 Å². The van der Waals surface area contributed by atoms with Gasteiger partial charge >= 0.3 is 24.2 Å². The maximum atomic E-state index is 12.8. The summed E-state index contributed by atoms with van der Waals surface area (Å²) in [6.07, 6.45) is -5.20. The van der Waals surface area contributed by atoms with E-state index in [1.807, 2.05) is 7.05 Å². The van der Waals surface area contributed by atoms with E-state index in [0.717, 1.165) is 18.0 Å². The van der Waals surface area contributed by atoms with E-state index in [4.69, 9.17) is 14.6 Å². The summed E-state index contributed by atoms with van der Waals surface area (Å²) in [6, 6.07) is -0.873. The van der Waals surface area contributed by atoms with Gasteiger partial charge < -0.3 is 35.4 Å². The predicted octanol–water partition coefficient (Wildman–Crippen LogP) is 0.00980. The Hall–Kier alpha value is -3.91. The fourth-order valence-corrected chi connectivity index (χ4v) is 5.91. The topological polar surface area (TPSA) is 199 Å². The molecule has 3 aliphatic heterocycles. The molecule has 0 aliphatic carbocycles. The summed E-state index contributed by atoms with van der Waals surface area (Å²) >= 11 is 2.46. The number of hydrogen-bond donors (Lipinski definition) is 4. The molecule has 15 nitrogen and oxygen atoms in total. The summed E-state index contributed by atoms with van der Waals surface area (Å²) in [5.74, 6) is -4.80. The standard InChI is InChI=1S/C20H24N6O7S2.C2HF3O2/c1-24-2-4-25(5-3-24)20(32)33-7-11-8-34-17-14(16(29)26(17)15(11)18(30)31)23-13(28)6-12-9-35-19(22-12)21-10-27;3-2(4,5)1(6)7/h9-10,14,17H,2-8H2,1H3,(H,23,28)(H,30,31)(H,21,22,27);(H,6,7)/t14?,17-;/m1./s1. The lowest BCUT2D eigenvalue weighted by Gasteiger charge is -2.49. The molecule has 4 heterocycles. The minimum Gasteiger partial charge on any atom is -0.477 e. The Kier molecular flexibility index (Phi) is 10.7. The van der Waals surface area contributed by atoms with Gasteiger partial charge in [-0.3, -0.25) is 19.3 Å². The molecular formula is C22H25F3N6O9S2. The van der Waals surface area contributed by atoms with Gasteiger partial charge in [-0.05, 0) is 7.05 Å². The number of anilines is 1. The first-order chi connectivity index (χ1) is 19.7. The predicted molar refractivity (Wildman–Crippen MR) is 139 cm³/mol. The molecule has 20 heteroatoms. The van der Waals surface area contributed by atoms with E-state index >= 15 is 0 Å². The van der Waals surface area contributed by atoms with Gasteiger partial charge in [0.1, 0.15) is 23.7 Å². The fraction of sp³-hybridized carbons (Fsp3) is 0.500. The fourth-order valence-electron chi connectivity index (χ4n) is 3.92. The first-order valence-electron chi connectivity index (χ1n) is 12.0. The summed E-state index contributed by atoms with van der Waals surface area (Å²) < 4.78 is 37.1. The molecule has 0 spiro atoms. The van der Waals surface area contributed by atoms with Crippen LogP contribution < -0.4 is 10.6 Å². The molecule has 1 aromatic rings. The number of hydrogen-bond acceptors (Lipinski definition) is 11. The lowest BCUT2D eigenvalue weighted by molar-refractivity contribution is -0.192. The Labute approximate surface area is 243 Å². The Morgan fingerprint density at radius 1 is 1.19 bits per heavy atom. The lowest BCUT2D eigenvalue weighted by atomic mass is 10.0. The molecule has 42 heavy (non-hydrogen) atoms. The number of piperazine rings is 1. The van der Waals surface area contributed by atoms with Crippen molar-refractivity contribution in [3.63, 3.8) is 0 Å². The van der Waals surface area contributed by atoms with Gasteiger partial charge in [0.05, 0.1) is 12.1 Å². The number of rotatable bonds is 8. The van der Waals surface area contributed by atoms with Crippen LogP contribution in [-0.4, -0.2) is 129 Å². The molecule has 4 N–H and O–H groups in total. The highest BCUT2D eigenvalue weighted by molar-refractivity contribution is 8.00. The zero-order valence-corrected chi connectivity index (χ0v) is 23.4. The number of aliphatic carboxylic acids is 2. The van der Waals surface area contributed by atoms with Crippen molar-refractivity contribution in [3.8, 4) is 0 Å². The number of carboxylic acids is 2.